The Labute approximate surface area is 181 Å². The summed E-state index contributed by atoms with van der Waals surface area (Å²) in [5.74, 6) is -1.67. The Bertz CT molecular complexity index is 568. The summed E-state index contributed by atoms with van der Waals surface area (Å²) in [5.41, 5.74) is 6.49. The van der Waals surface area contributed by atoms with Crippen LogP contribution >= 0.6 is 0 Å². The van der Waals surface area contributed by atoms with Gasteiger partial charge < -0.3 is 21.3 Å². The van der Waals surface area contributed by atoms with Gasteiger partial charge in [0.25, 0.3) is 0 Å². The third kappa shape index (κ3) is 14.1. The van der Waals surface area contributed by atoms with Crippen LogP contribution in [0.1, 0.15) is 82.6 Å². The summed E-state index contributed by atoms with van der Waals surface area (Å²) >= 11 is 0. The number of rotatable bonds is 7. The van der Waals surface area contributed by atoms with E-state index in [0.29, 0.717) is 18.9 Å². The number of carboxylic acid groups (broad SMARTS) is 2. The van der Waals surface area contributed by atoms with Crippen LogP contribution < -0.4 is 11.1 Å². The Kier molecular flexibility index (Phi) is 14.7. The van der Waals surface area contributed by atoms with Crippen molar-refractivity contribution in [1.82, 2.24) is 5.32 Å². The highest BCUT2D eigenvalue weighted by Gasteiger charge is 2.11. The maximum absolute atomic E-state index is 10.6. The molecule has 1 atom stereocenters. The molecular weight excluding hydrogens is 380 g/mol. The number of aryl methyl sites for hydroxylation is 1. The summed E-state index contributed by atoms with van der Waals surface area (Å²) in [4.78, 5) is 21.0. The average Bonchev–Trinajstić information content (AvgIpc) is 2.72. The van der Waals surface area contributed by atoms with E-state index in [4.69, 9.17) is 15.9 Å². The molecule has 2 rings (SSSR count). The number of hydrogen-bond donors (Lipinski definition) is 4. The van der Waals surface area contributed by atoms with Crippen LogP contribution in [0.3, 0.4) is 0 Å². The Morgan fingerprint density at radius 3 is 1.87 bits per heavy atom. The van der Waals surface area contributed by atoms with E-state index < -0.39 is 18.0 Å². The molecule has 0 heterocycles. The number of hydrogen-bond acceptors (Lipinski definition) is 4. The second-order valence-corrected chi connectivity index (χ2v) is 8.20. The molecule has 1 aliphatic carbocycles. The topological polar surface area (TPSA) is 113 Å². The molecule has 0 aliphatic heterocycles. The maximum atomic E-state index is 10.6. The van der Waals surface area contributed by atoms with Crippen LogP contribution in [0.25, 0.3) is 0 Å². The van der Waals surface area contributed by atoms with Crippen LogP contribution in [0.5, 0.6) is 0 Å². The van der Waals surface area contributed by atoms with E-state index in [1.807, 2.05) is 30.3 Å². The summed E-state index contributed by atoms with van der Waals surface area (Å²) in [5, 5.41) is 20.4. The molecule has 0 radical (unpaired) electrons. The Hall–Kier alpha value is -1.92. The van der Waals surface area contributed by atoms with Crippen molar-refractivity contribution in [3.8, 4) is 0 Å². The quantitative estimate of drug-likeness (QED) is 0.521. The SMILES string of the molecule is N[C@@H](CCc1ccccc1)C(=O)O.O=C(O)CNC1CCCCCCCCCCC1. The molecule has 1 aromatic rings. The van der Waals surface area contributed by atoms with Crippen molar-refractivity contribution in [3.63, 3.8) is 0 Å². The summed E-state index contributed by atoms with van der Waals surface area (Å²) in [6.45, 7) is 0.116. The fraction of sp³-hybridized carbons (Fsp3) is 0.667. The van der Waals surface area contributed by atoms with Gasteiger partial charge in [-0.05, 0) is 31.2 Å². The summed E-state index contributed by atoms with van der Waals surface area (Å²) in [6, 6.07) is 9.40. The molecule has 6 nitrogen and oxygen atoms in total. The second-order valence-electron chi connectivity index (χ2n) is 8.20. The monoisotopic (exact) mass is 420 g/mol. The second kappa shape index (κ2) is 16.8. The highest BCUT2D eigenvalue weighted by Crippen LogP contribution is 2.16. The fourth-order valence-corrected chi connectivity index (χ4v) is 3.69. The highest BCUT2D eigenvalue weighted by atomic mass is 16.4. The lowest BCUT2D eigenvalue weighted by atomic mass is 9.98. The van der Waals surface area contributed by atoms with Gasteiger partial charge in [-0.3, -0.25) is 9.59 Å². The van der Waals surface area contributed by atoms with E-state index >= 15 is 0 Å². The number of carbonyl (C=O) groups is 2. The lowest BCUT2D eigenvalue weighted by molar-refractivity contribution is -0.139. The van der Waals surface area contributed by atoms with Crippen molar-refractivity contribution >= 4 is 11.9 Å². The van der Waals surface area contributed by atoms with Crippen LogP contribution in [0, 0.1) is 0 Å². The van der Waals surface area contributed by atoms with Gasteiger partial charge in [0.2, 0.25) is 0 Å². The molecule has 0 aromatic heterocycles. The van der Waals surface area contributed by atoms with E-state index in [0.717, 1.165) is 18.4 Å². The van der Waals surface area contributed by atoms with Crippen LogP contribution in [0.4, 0.5) is 0 Å². The molecule has 5 N–H and O–H groups in total. The van der Waals surface area contributed by atoms with Crippen LogP contribution in [-0.4, -0.2) is 40.8 Å². The van der Waals surface area contributed by atoms with Crippen LogP contribution in [0.15, 0.2) is 30.3 Å². The number of carboxylic acids is 2. The summed E-state index contributed by atoms with van der Waals surface area (Å²) in [6.07, 6.45) is 15.5. The molecule has 6 heteroatoms. The Morgan fingerprint density at radius 2 is 1.40 bits per heavy atom. The van der Waals surface area contributed by atoms with E-state index in [9.17, 15) is 9.59 Å². The number of nitrogens with one attached hydrogen (secondary N) is 1. The van der Waals surface area contributed by atoms with Crippen molar-refractivity contribution in [2.75, 3.05) is 6.54 Å². The van der Waals surface area contributed by atoms with Crippen molar-refractivity contribution in [1.29, 1.82) is 0 Å². The van der Waals surface area contributed by atoms with E-state index in [1.54, 1.807) is 0 Å². The first-order valence-electron chi connectivity index (χ1n) is 11.5. The lowest BCUT2D eigenvalue weighted by Crippen LogP contribution is -2.33. The smallest absolute Gasteiger partial charge is 0.320 e. The lowest BCUT2D eigenvalue weighted by Gasteiger charge is -2.18. The Morgan fingerprint density at radius 1 is 0.900 bits per heavy atom. The maximum Gasteiger partial charge on any atom is 0.320 e. The minimum Gasteiger partial charge on any atom is -0.480 e. The first kappa shape index (κ1) is 26.1. The minimum absolute atomic E-state index is 0.116. The minimum atomic E-state index is -0.934. The van der Waals surface area contributed by atoms with E-state index in [-0.39, 0.29) is 6.54 Å². The highest BCUT2D eigenvalue weighted by molar-refractivity contribution is 5.73. The molecule has 0 bridgehead atoms. The first-order valence-corrected chi connectivity index (χ1v) is 11.5. The first-order chi connectivity index (χ1) is 14.5. The number of aliphatic carboxylic acids is 2. The fourth-order valence-electron chi connectivity index (χ4n) is 3.69. The molecule has 0 saturated heterocycles. The molecule has 170 valence electrons. The molecule has 0 amide bonds. The predicted molar refractivity (Wildman–Crippen MR) is 121 cm³/mol. The third-order valence-electron chi connectivity index (χ3n) is 5.55. The summed E-state index contributed by atoms with van der Waals surface area (Å²) < 4.78 is 0. The van der Waals surface area contributed by atoms with Crippen molar-refractivity contribution in [3.05, 3.63) is 35.9 Å². The van der Waals surface area contributed by atoms with Gasteiger partial charge in [-0.1, -0.05) is 88.1 Å². The van der Waals surface area contributed by atoms with Crippen LogP contribution in [-0.2, 0) is 16.0 Å². The van der Waals surface area contributed by atoms with Crippen molar-refractivity contribution in [2.45, 2.75) is 95.6 Å². The van der Waals surface area contributed by atoms with Crippen LogP contribution in [0.2, 0.25) is 0 Å². The van der Waals surface area contributed by atoms with Gasteiger partial charge in [-0.15, -0.1) is 0 Å². The van der Waals surface area contributed by atoms with Gasteiger partial charge in [0.05, 0.1) is 6.54 Å². The molecule has 0 spiro atoms. The van der Waals surface area contributed by atoms with Gasteiger partial charge in [-0.2, -0.15) is 0 Å². The molecule has 1 fully saturated rings. The van der Waals surface area contributed by atoms with Gasteiger partial charge in [-0.25, -0.2) is 0 Å². The number of nitrogens with two attached hydrogens (primary N) is 1. The van der Waals surface area contributed by atoms with Gasteiger partial charge in [0.1, 0.15) is 6.04 Å². The van der Waals surface area contributed by atoms with Gasteiger partial charge in [0.15, 0.2) is 0 Å². The van der Waals surface area contributed by atoms with Crippen molar-refractivity contribution < 1.29 is 19.8 Å². The van der Waals surface area contributed by atoms with Crippen molar-refractivity contribution in [2.24, 2.45) is 5.73 Å². The molecule has 1 aromatic carbocycles. The van der Waals surface area contributed by atoms with E-state index in [1.165, 1.54) is 57.8 Å². The molecule has 30 heavy (non-hydrogen) atoms. The number of benzene rings is 1. The van der Waals surface area contributed by atoms with Gasteiger partial charge in [0, 0.05) is 6.04 Å². The average molecular weight is 421 g/mol. The normalized spacial score (nSPS) is 17.5. The zero-order chi connectivity index (χ0) is 22.0. The molecular formula is C24H40N2O4. The molecule has 0 unspecified atom stereocenters. The molecule has 1 aliphatic rings. The summed E-state index contributed by atoms with van der Waals surface area (Å²) in [7, 11) is 0. The van der Waals surface area contributed by atoms with E-state index in [2.05, 4.69) is 5.32 Å². The zero-order valence-electron chi connectivity index (χ0n) is 18.2. The third-order valence-corrected chi connectivity index (χ3v) is 5.55. The van der Waals surface area contributed by atoms with Gasteiger partial charge >= 0.3 is 11.9 Å². The predicted octanol–water partition coefficient (Wildman–Crippen LogP) is 4.37. The molecule has 1 saturated carbocycles. The standard InChI is InChI=1S/C14H27NO2.C10H13NO2/c16-14(17)12-15-13-10-8-6-4-2-1-3-5-7-9-11-13;11-9(10(12)13)7-6-8-4-2-1-3-5-8/h13,15H,1-12H2,(H,16,17);1-5,9H,6-7,11H2,(H,12,13)/t;9-/m.0/s1. The Balaban J connectivity index is 0.000000311. The largest absolute Gasteiger partial charge is 0.480 e. The zero-order valence-corrected chi connectivity index (χ0v) is 18.2.